The summed E-state index contributed by atoms with van der Waals surface area (Å²) in [5.74, 6) is -0.451. The third-order valence-electron chi connectivity index (χ3n) is 3.87. The summed E-state index contributed by atoms with van der Waals surface area (Å²) in [4.78, 5) is 14.1. The molecule has 3 N–H and O–H groups in total. The minimum Gasteiger partial charge on any atom is -0.465 e. The number of methoxy groups -OCH3 is 1. The van der Waals surface area contributed by atoms with Crippen LogP contribution in [0.2, 0.25) is 5.02 Å². The van der Waals surface area contributed by atoms with Crippen LogP contribution in [-0.2, 0) is 4.74 Å². The highest BCUT2D eigenvalue weighted by molar-refractivity contribution is 6.34. The summed E-state index contributed by atoms with van der Waals surface area (Å²) in [7, 11) is 1.34. The summed E-state index contributed by atoms with van der Waals surface area (Å²) >= 11 is 6.34. The summed E-state index contributed by atoms with van der Waals surface area (Å²) < 4.78 is 4.84. The monoisotopic (exact) mass is 312 g/mol. The lowest BCUT2D eigenvalue weighted by Gasteiger charge is -2.38. The molecule has 0 radical (unpaired) electrons. The highest BCUT2D eigenvalue weighted by atomic mass is 35.5. The third-order valence-corrected chi connectivity index (χ3v) is 4.16. The number of anilines is 2. The zero-order valence-corrected chi connectivity index (χ0v) is 12.9. The largest absolute Gasteiger partial charge is 0.465 e. The molecule has 1 saturated heterocycles. The number of esters is 1. The first-order valence-corrected chi connectivity index (χ1v) is 7.51. The van der Waals surface area contributed by atoms with Crippen LogP contribution in [0.1, 0.15) is 36.0 Å². The van der Waals surface area contributed by atoms with Gasteiger partial charge in [-0.25, -0.2) is 4.79 Å². The third kappa shape index (κ3) is 3.41. The fourth-order valence-electron chi connectivity index (χ4n) is 2.92. The van der Waals surface area contributed by atoms with Gasteiger partial charge in [-0.2, -0.15) is 0 Å². The number of rotatable bonds is 4. The van der Waals surface area contributed by atoms with Crippen LogP contribution in [0.5, 0.6) is 0 Å². The number of carbonyl (C=O) groups is 1. The Morgan fingerprint density at radius 1 is 1.52 bits per heavy atom. The van der Waals surface area contributed by atoms with Gasteiger partial charge in [0.15, 0.2) is 0 Å². The van der Waals surface area contributed by atoms with E-state index in [1.54, 1.807) is 12.1 Å². The van der Waals surface area contributed by atoms with E-state index in [0.717, 1.165) is 25.8 Å². The van der Waals surface area contributed by atoms with Crippen molar-refractivity contribution >= 4 is 28.9 Å². The molecule has 116 valence electrons. The van der Waals surface area contributed by atoms with E-state index in [-0.39, 0.29) is 12.6 Å². The zero-order valence-electron chi connectivity index (χ0n) is 12.1. The second kappa shape index (κ2) is 7.00. The molecule has 5 nitrogen and oxygen atoms in total. The molecule has 0 aromatic heterocycles. The molecule has 6 heteroatoms. The molecule has 0 aliphatic carbocycles. The van der Waals surface area contributed by atoms with E-state index in [0.29, 0.717) is 28.4 Å². The second-order valence-corrected chi connectivity index (χ2v) is 5.65. The molecule has 1 atom stereocenters. The summed E-state index contributed by atoms with van der Waals surface area (Å²) in [5, 5.41) is 9.69. The van der Waals surface area contributed by atoms with Gasteiger partial charge < -0.3 is 20.5 Å². The molecule has 1 aliphatic heterocycles. The Morgan fingerprint density at radius 2 is 2.29 bits per heavy atom. The number of ether oxygens (including phenoxy) is 1. The van der Waals surface area contributed by atoms with Gasteiger partial charge in [-0.1, -0.05) is 11.6 Å². The highest BCUT2D eigenvalue weighted by Crippen LogP contribution is 2.37. The standard InChI is InChI=1S/C15H21ClN2O3/c1-21-15(20)12-8-10(17)9-13(16)14(12)18-6-3-2-4-11(18)5-7-19/h8-9,11,19H,2-7,17H2,1H3. The number of nitrogens with two attached hydrogens (primary N) is 1. The van der Waals surface area contributed by atoms with Crippen molar-refractivity contribution in [3.8, 4) is 0 Å². The normalized spacial score (nSPS) is 18.6. The Kier molecular flexibility index (Phi) is 5.31. The van der Waals surface area contributed by atoms with Crippen molar-refractivity contribution in [2.24, 2.45) is 0 Å². The maximum absolute atomic E-state index is 12.0. The summed E-state index contributed by atoms with van der Waals surface area (Å²) in [6.45, 7) is 0.916. The SMILES string of the molecule is COC(=O)c1cc(N)cc(Cl)c1N1CCCCC1CCO. The zero-order chi connectivity index (χ0) is 15.4. The van der Waals surface area contributed by atoms with Crippen molar-refractivity contribution in [3.63, 3.8) is 0 Å². The predicted molar refractivity (Wildman–Crippen MR) is 83.9 cm³/mol. The van der Waals surface area contributed by atoms with E-state index in [1.165, 1.54) is 7.11 Å². The lowest BCUT2D eigenvalue weighted by atomic mass is 9.97. The van der Waals surface area contributed by atoms with Crippen LogP contribution < -0.4 is 10.6 Å². The Hall–Kier alpha value is -1.46. The quantitative estimate of drug-likeness (QED) is 0.660. The van der Waals surface area contributed by atoms with Crippen LogP contribution >= 0.6 is 11.6 Å². The molecule has 1 fully saturated rings. The summed E-state index contributed by atoms with van der Waals surface area (Å²) in [6.07, 6.45) is 3.77. The van der Waals surface area contributed by atoms with Crippen LogP contribution in [0.4, 0.5) is 11.4 Å². The molecular weight excluding hydrogens is 292 g/mol. The van der Waals surface area contributed by atoms with E-state index in [2.05, 4.69) is 4.90 Å². The average Bonchev–Trinajstić information content (AvgIpc) is 2.47. The summed E-state index contributed by atoms with van der Waals surface area (Å²) in [5.41, 5.74) is 7.27. The minimum atomic E-state index is -0.451. The van der Waals surface area contributed by atoms with E-state index >= 15 is 0 Å². The van der Waals surface area contributed by atoms with Gasteiger partial charge in [0.2, 0.25) is 0 Å². The van der Waals surface area contributed by atoms with E-state index in [9.17, 15) is 9.90 Å². The van der Waals surface area contributed by atoms with Crippen molar-refractivity contribution in [2.75, 3.05) is 30.9 Å². The van der Waals surface area contributed by atoms with Crippen molar-refractivity contribution in [1.29, 1.82) is 0 Å². The molecule has 1 aliphatic rings. The molecule has 0 spiro atoms. The van der Waals surface area contributed by atoms with Crippen LogP contribution in [-0.4, -0.2) is 37.4 Å². The Balaban J connectivity index is 2.47. The van der Waals surface area contributed by atoms with Crippen molar-refractivity contribution in [3.05, 3.63) is 22.7 Å². The minimum absolute atomic E-state index is 0.112. The van der Waals surface area contributed by atoms with Gasteiger partial charge in [0.25, 0.3) is 0 Å². The molecular formula is C15H21ClN2O3. The number of hydrogen-bond donors (Lipinski definition) is 2. The van der Waals surface area contributed by atoms with Crippen molar-refractivity contribution in [2.45, 2.75) is 31.7 Å². The number of aliphatic hydroxyl groups is 1. The van der Waals surface area contributed by atoms with Gasteiger partial charge >= 0.3 is 5.97 Å². The number of nitrogen functional groups attached to an aromatic ring is 1. The Morgan fingerprint density at radius 3 is 2.95 bits per heavy atom. The molecule has 1 aromatic carbocycles. The molecule has 0 bridgehead atoms. The van der Waals surface area contributed by atoms with Gasteiger partial charge in [-0.3, -0.25) is 0 Å². The topological polar surface area (TPSA) is 75.8 Å². The molecule has 2 rings (SSSR count). The second-order valence-electron chi connectivity index (χ2n) is 5.25. The summed E-state index contributed by atoms with van der Waals surface area (Å²) in [6, 6.07) is 3.42. The van der Waals surface area contributed by atoms with Crippen LogP contribution in [0.3, 0.4) is 0 Å². The predicted octanol–water partition coefficient (Wildman–Crippen LogP) is 2.45. The number of nitrogens with zero attached hydrogens (tertiary/aromatic N) is 1. The van der Waals surface area contributed by atoms with Gasteiger partial charge in [0, 0.05) is 24.9 Å². The number of aliphatic hydroxyl groups excluding tert-OH is 1. The highest BCUT2D eigenvalue weighted by Gasteiger charge is 2.28. The van der Waals surface area contributed by atoms with E-state index < -0.39 is 5.97 Å². The number of hydrogen-bond acceptors (Lipinski definition) is 5. The van der Waals surface area contributed by atoms with Crippen LogP contribution in [0.15, 0.2) is 12.1 Å². The van der Waals surface area contributed by atoms with Crippen LogP contribution in [0, 0.1) is 0 Å². The van der Waals surface area contributed by atoms with Crippen LogP contribution in [0.25, 0.3) is 0 Å². The fraction of sp³-hybridized carbons (Fsp3) is 0.533. The van der Waals surface area contributed by atoms with Gasteiger partial charge in [0.1, 0.15) is 0 Å². The maximum Gasteiger partial charge on any atom is 0.340 e. The first kappa shape index (κ1) is 15.9. The number of halogens is 1. The fourth-order valence-corrected chi connectivity index (χ4v) is 3.26. The van der Waals surface area contributed by atoms with E-state index in [4.69, 9.17) is 22.1 Å². The molecule has 1 aromatic rings. The van der Waals surface area contributed by atoms with E-state index in [1.807, 2.05) is 0 Å². The lowest BCUT2D eigenvalue weighted by molar-refractivity contribution is 0.0601. The number of carbonyl (C=O) groups excluding carboxylic acids is 1. The smallest absolute Gasteiger partial charge is 0.340 e. The first-order chi connectivity index (χ1) is 10.1. The lowest BCUT2D eigenvalue weighted by Crippen LogP contribution is -2.41. The number of piperidine rings is 1. The first-order valence-electron chi connectivity index (χ1n) is 7.13. The molecule has 0 amide bonds. The van der Waals surface area contributed by atoms with Crippen molar-refractivity contribution in [1.82, 2.24) is 0 Å². The van der Waals surface area contributed by atoms with Gasteiger partial charge in [-0.05, 0) is 37.8 Å². The molecule has 1 heterocycles. The van der Waals surface area contributed by atoms with Gasteiger partial charge in [0.05, 0.1) is 23.4 Å². The molecule has 0 saturated carbocycles. The maximum atomic E-state index is 12.0. The van der Waals surface area contributed by atoms with Gasteiger partial charge in [-0.15, -0.1) is 0 Å². The Bertz CT molecular complexity index is 520. The number of benzene rings is 1. The average molecular weight is 313 g/mol. The molecule has 1 unspecified atom stereocenters. The molecule has 21 heavy (non-hydrogen) atoms. The van der Waals surface area contributed by atoms with Crippen molar-refractivity contribution < 1.29 is 14.6 Å². The Labute approximate surface area is 129 Å².